The van der Waals surface area contributed by atoms with Crippen molar-refractivity contribution in [2.24, 2.45) is 0 Å². The van der Waals surface area contributed by atoms with Gasteiger partial charge in [0.1, 0.15) is 0 Å². The van der Waals surface area contributed by atoms with E-state index >= 15 is 0 Å². The van der Waals surface area contributed by atoms with Gasteiger partial charge in [0.25, 0.3) is 0 Å². The first-order chi connectivity index (χ1) is 14.5. The summed E-state index contributed by atoms with van der Waals surface area (Å²) in [6, 6.07) is 13.5. The highest BCUT2D eigenvalue weighted by molar-refractivity contribution is 5.63. The van der Waals surface area contributed by atoms with Crippen molar-refractivity contribution in [1.82, 2.24) is 0 Å². The molecule has 1 unspecified atom stereocenters. The van der Waals surface area contributed by atoms with Crippen molar-refractivity contribution in [1.29, 1.82) is 0 Å². The Morgan fingerprint density at radius 2 is 1.09 bits per heavy atom. The van der Waals surface area contributed by atoms with E-state index in [4.69, 9.17) is 0 Å². The average molecular weight is 480 g/mol. The number of halogens is 11. The lowest BCUT2D eigenvalue weighted by Gasteiger charge is -2.38. The van der Waals surface area contributed by atoms with Gasteiger partial charge in [-0.2, -0.15) is 48.3 Å². The summed E-state index contributed by atoms with van der Waals surface area (Å²) in [4.78, 5) is 0. The van der Waals surface area contributed by atoms with Crippen LogP contribution in [-0.4, -0.2) is 37.0 Å². The highest BCUT2D eigenvalue weighted by Crippen LogP contribution is 2.58. The number of methoxy groups -OCH3 is 1. The van der Waals surface area contributed by atoms with Crippen LogP contribution in [0, 0.1) is 0 Å². The van der Waals surface area contributed by atoms with Gasteiger partial charge in [-0.05, 0) is 16.7 Å². The Morgan fingerprint density at radius 1 is 0.625 bits per heavy atom. The van der Waals surface area contributed by atoms with Gasteiger partial charge in [0, 0.05) is 13.5 Å². The van der Waals surface area contributed by atoms with Crippen LogP contribution in [0.4, 0.5) is 48.3 Å². The molecule has 2 aromatic carbocycles. The molecule has 0 aliphatic heterocycles. The highest BCUT2D eigenvalue weighted by Gasteiger charge is 2.87. The predicted octanol–water partition coefficient (Wildman–Crippen LogP) is 7.53. The van der Waals surface area contributed by atoms with E-state index in [1.807, 2.05) is 0 Å². The topological polar surface area (TPSA) is 9.23 Å². The van der Waals surface area contributed by atoms with Gasteiger partial charge in [0.15, 0.2) is 0 Å². The van der Waals surface area contributed by atoms with E-state index in [-0.39, 0.29) is 5.56 Å². The molecule has 0 saturated heterocycles. The molecule has 2 rings (SSSR count). The lowest BCUT2D eigenvalue weighted by molar-refractivity contribution is -0.423. The Balaban J connectivity index is 2.33. The second-order valence-corrected chi connectivity index (χ2v) is 6.84. The zero-order chi connectivity index (χ0) is 24.6. The van der Waals surface area contributed by atoms with Crippen molar-refractivity contribution in [3.05, 3.63) is 60.2 Å². The Hall–Kier alpha value is -2.37. The summed E-state index contributed by atoms with van der Waals surface area (Å²) in [6.45, 7) is 0. The van der Waals surface area contributed by atoms with Crippen LogP contribution in [0.2, 0.25) is 0 Å². The molecule has 0 N–H and O–H groups in total. The Labute approximate surface area is 174 Å². The maximum Gasteiger partial charge on any atom is 0.460 e. The molecule has 178 valence electrons. The molecular formula is C20H15F11O. The largest absolute Gasteiger partial charge is 0.460 e. The number of hydrogen-bond acceptors (Lipinski definition) is 1. The fourth-order valence-electron chi connectivity index (χ4n) is 2.82. The van der Waals surface area contributed by atoms with Crippen LogP contribution in [0.25, 0.3) is 11.1 Å². The van der Waals surface area contributed by atoms with E-state index < -0.39 is 42.4 Å². The number of alkyl halides is 11. The summed E-state index contributed by atoms with van der Waals surface area (Å²) in [5.41, 5.74) is 1.05. The first kappa shape index (κ1) is 25.9. The monoisotopic (exact) mass is 480 g/mol. The minimum Gasteiger partial charge on any atom is -0.377 e. The fraction of sp³-hybridized carbons (Fsp3) is 0.400. The summed E-state index contributed by atoms with van der Waals surface area (Å²) in [6.07, 6.45) is -11.5. The van der Waals surface area contributed by atoms with Crippen molar-refractivity contribution in [3.63, 3.8) is 0 Å². The Kier molecular flexibility index (Phi) is 6.90. The van der Waals surface area contributed by atoms with Crippen molar-refractivity contribution in [2.75, 3.05) is 7.11 Å². The molecule has 0 aliphatic carbocycles. The maximum atomic E-state index is 14.1. The predicted molar refractivity (Wildman–Crippen MR) is 92.1 cm³/mol. The summed E-state index contributed by atoms with van der Waals surface area (Å²) in [5, 5.41) is 0. The SMILES string of the molecule is COC(CC(F)(F)C(F)(F)C(F)(F)C(F)(F)C(F)(F)F)c1ccc(-c2ccccc2)cc1. The summed E-state index contributed by atoms with van der Waals surface area (Å²) in [7, 11) is 0.756. The molecule has 0 bridgehead atoms. The molecule has 0 amide bonds. The van der Waals surface area contributed by atoms with Crippen molar-refractivity contribution in [2.45, 2.75) is 42.4 Å². The van der Waals surface area contributed by atoms with Crippen LogP contribution >= 0.6 is 0 Å². The normalized spacial score (nSPS) is 15.0. The first-order valence-corrected chi connectivity index (χ1v) is 8.76. The maximum absolute atomic E-state index is 14.1. The standard InChI is InChI=1S/C20H15F11O/c1-32-15(14-9-7-13(8-10-14)12-5-3-2-4-6-12)11-16(21,22)17(23,24)18(25,26)19(27,28)20(29,30)31/h2-10,15H,11H2,1H3. The van der Waals surface area contributed by atoms with Crippen LogP contribution < -0.4 is 0 Å². The molecule has 0 radical (unpaired) electrons. The zero-order valence-electron chi connectivity index (χ0n) is 16.0. The molecule has 1 atom stereocenters. The third kappa shape index (κ3) is 4.41. The second kappa shape index (κ2) is 8.53. The fourth-order valence-corrected chi connectivity index (χ4v) is 2.82. The smallest absolute Gasteiger partial charge is 0.377 e. The van der Waals surface area contributed by atoms with Gasteiger partial charge in [-0.3, -0.25) is 0 Å². The van der Waals surface area contributed by atoms with Crippen LogP contribution in [0.1, 0.15) is 18.1 Å². The van der Waals surface area contributed by atoms with Crippen molar-refractivity contribution in [3.8, 4) is 11.1 Å². The van der Waals surface area contributed by atoms with E-state index in [2.05, 4.69) is 4.74 Å². The molecule has 0 saturated carbocycles. The molecule has 0 heterocycles. The van der Waals surface area contributed by atoms with E-state index in [0.29, 0.717) is 11.1 Å². The third-order valence-electron chi connectivity index (χ3n) is 4.72. The van der Waals surface area contributed by atoms with Crippen LogP contribution in [0.15, 0.2) is 54.6 Å². The molecule has 0 fully saturated rings. The molecule has 12 heteroatoms. The zero-order valence-corrected chi connectivity index (χ0v) is 16.0. The minimum atomic E-state index is -7.43. The van der Waals surface area contributed by atoms with Gasteiger partial charge < -0.3 is 4.74 Å². The third-order valence-corrected chi connectivity index (χ3v) is 4.72. The summed E-state index contributed by atoms with van der Waals surface area (Å²) in [5.74, 6) is -27.9. The Bertz CT molecular complexity index is 890. The van der Waals surface area contributed by atoms with Gasteiger partial charge >= 0.3 is 29.9 Å². The molecule has 0 aliphatic rings. The summed E-state index contributed by atoms with van der Waals surface area (Å²) < 4.78 is 150. The second-order valence-electron chi connectivity index (χ2n) is 6.84. The van der Waals surface area contributed by atoms with Gasteiger partial charge in [-0.15, -0.1) is 0 Å². The van der Waals surface area contributed by atoms with Crippen LogP contribution in [0.3, 0.4) is 0 Å². The van der Waals surface area contributed by atoms with Crippen molar-refractivity contribution < 1.29 is 53.0 Å². The van der Waals surface area contributed by atoms with Gasteiger partial charge in [-0.1, -0.05) is 54.6 Å². The molecule has 2 aromatic rings. The molecular weight excluding hydrogens is 465 g/mol. The molecule has 1 nitrogen and oxygen atoms in total. The Morgan fingerprint density at radius 3 is 1.53 bits per heavy atom. The number of benzene rings is 2. The number of hydrogen-bond donors (Lipinski definition) is 0. The van der Waals surface area contributed by atoms with Crippen LogP contribution in [-0.2, 0) is 4.74 Å². The highest BCUT2D eigenvalue weighted by atomic mass is 19.4. The van der Waals surface area contributed by atoms with Gasteiger partial charge in [0.05, 0.1) is 6.10 Å². The molecule has 0 aromatic heterocycles. The molecule has 32 heavy (non-hydrogen) atoms. The van der Waals surface area contributed by atoms with E-state index in [9.17, 15) is 48.3 Å². The number of rotatable bonds is 8. The van der Waals surface area contributed by atoms with Crippen molar-refractivity contribution >= 4 is 0 Å². The lowest BCUT2D eigenvalue weighted by Crippen LogP contribution is -2.66. The average Bonchev–Trinajstić information content (AvgIpc) is 2.71. The number of ether oxygens (including phenoxy) is 1. The minimum absolute atomic E-state index is 0.214. The van der Waals surface area contributed by atoms with Gasteiger partial charge in [0.2, 0.25) is 0 Å². The van der Waals surface area contributed by atoms with Gasteiger partial charge in [-0.25, -0.2) is 0 Å². The van der Waals surface area contributed by atoms with Crippen LogP contribution in [0.5, 0.6) is 0 Å². The summed E-state index contributed by atoms with van der Waals surface area (Å²) >= 11 is 0. The first-order valence-electron chi connectivity index (χ1n) is 8.76. The lowest BCUT2D eigenvalue weighted by atomic mass is 9.92. The van der Waals surface area contributed by atoms with E-state index in [1.54, 1.807) is 30.3 Å². The quantitative estimate of drug-likeness (QED) is 0.355. The van der Waals surface area contributed by atoms with E-state index in [1.165, 1.54) is 12.1 Å². The molecule has 0 spiro atoms. The van der Waals surface area contributed by atoms with E-state index in [0.717, 1.165) is 19.2 Å².